The molecule has 0 spiro atoms. The van der Waals surface area contributed by atoms with Crippen molar-refractivity contribution in [1.29, 1.82) is 0 Å². The molecule has 1 atom stereocenters. The zero-order chi connectivity index (χ0) is 23.7. The molecule has 0 saturated carbocycles. The first-order valence-electron chi connectivity index (χ1n) is 11.3. The van der Waals surface area contributed by atoms with Crippen LogP contribution < -0.4 is 5.32 Å². The summed E-state index contributed by atoms with van der Waals surface area (Å²) in [5.41, 5.74) is 3.15. The van der Waals surface area contributed by atoms with Gasteiger partial charge in [0.25, 0.3) is 0 Å². The number of thiophene rings is 1. The average Bonchev–Trinajstić information content (AvgIpc) is 3.25. The number of nitrogens with one attached hydrogen (secondary N) is 1. The van der Waals surface area contributed by atoms with Crippen LogP contribution in [0.25, 0.3) is 32.1 Å². The van der Waals surface area contributed by atoms with Gasteiger partial charge in [0.15, 0.2) is 0 Å². The van der Waals surface area contributed by atoms with Crippen molar-refractivity contribution in [3.05, 3.63) is 89.6 Å². The fourth-order valence-corrected chi connectivity index (χ4v) is 5.55. The zero-order valence-electron chi connectivity index (χ0n) is 19.0. The molecule has 5 rings (SSSR count). The number of aliphatic carboxylic acids is 1. The Morgan fingerprint density at radius 2 is 1.71 bits per heavy atom. The largest absolute Gasteiger partial charge is 0.480 e. The molecule has 3 aromatic carbocycles. The van der Waals surface area contributed by atoms with Crippen molar-refractivity contribution >= 4 is 44.1 Å². The van der Waals surface area contributed by atoms with Gasteiger partial charge in [0.05, 0.1) is 5.39 Å². The van der Waals surface area contributed by atoms with Gasteiger partial charge in [-0.2, -0.15) is 0 Å². The van der Waals surface area contributed by atoms with Crippen molar-refractivity contribution in [1.82, 2.24) is 9.97 Å². The van der Waals surface area contributed by atoms with E-state index in [-0.39, 0.29) is 5.92 Å². The van der Waals surface area contributed by atoms with E-state index in [1.165, 1.54) is 11.2 Å². The molecule has 5 nitrogen and oxygen atoms in total. The molecule has 0 radical (unpaired) electrons. The minimum atomic E-state index is -0.915. The second kappa shape index (κ2) is 9.23. The number of benzene rings is 3. The lowest BCUT2D eigenvalue weighted by atomic mass is 9.94. The van der Waals surface area contributed by atoms with Crippen LogP contribution in [-0.4, -0.2) is 27.1 Å². The van der Waals surface area contributed by atoms with Crippen LogP contribution in [0.4, 0.5) is 5.82 Å². The number of anilines is 1. The van der Waals surface area contributed by atoms with Gasteiger partial charge in [-0.25, -0.2) is 14.8 Å². The number of hydrogen-bond donors (Lipinski definition) is 2. The highest BCUT2D eigenvalue weighted by atomic mass is 32.1. The van der Waals surface area contributed by atoms with Crippen molar-refractivity contribution < 1.29 is 9.90 Å². The number of carbonyl (C=O) groups is 1. The van der Waals surface area contributed by atoms with Crippen LogP contribution in [0.3, 0.4) is 0 Å². The molecule has 34 heavy (non-hydrogen) atoms. The monoisotopic (exact) mass is 467 g/mol. The topological polar surface area (TPSA) is 75.1 Å². The molecule has 2 N–H and O–H groups in total. The second-order valence-electron chi connectivity index (χ2n) is 8.65. The number of fused-ring (bicyclic) bond motifs is 2. The summed E-state index contributed by atoms with van der Waals surface area (Å²) >= 11 is 1.65. The summed E-state index contributed by atoms with van der Waals surface area (Å²) in [6.07, 6.45) is 1.87. The first-order chi connectivity index (χ1) is 16.5. The Morgan fingerprint density at radius 1 is 0.971 bits per heavy atom. The number of nitrogens with zero attached hydrogens (tertiary/aromatic N) is 2. The number of hydrogen-bond acceptors (Lipinski definition) is 5. The molecule has 0 bridgehead atoms. The maximum Gasteiger partial charge on any atom is 0.326 e. The predicted molar refractivity (Wildman–Crippen MR) is 140 cm³/mol. The third-order valence-corrected chi connectivity index (χ3v) is 7.39. The van der Waals surface area contributed by atoms with E-state index in [9.17, 15) is 9.90 Å². The highest BCUT2D eigenvalue weighted by molar-refractivity contribution is 7.19. The van der Waals surface area contributed by atoms with Gasteiger partial charge in [-0.05, 0) is 27.8 Å². The lowest BCUT2D eigenvalue weighted by Gasteiger charge is -2.17. The normalized spacial score (nSPS) is 12.3. The molecule has 0 saturated heterocycles. The van der Waals surface area contributed by atoms with E-state index in [0.717, 1.165) is 37.7 Å². The van der Waals surface area contributed by atoms with Crippen molar-refractivity contribution in [2.75, 3.05) is 5.32 Å². The maximum atomic E-state index is 12.2. The van der Waals surface area contributed by atoms with Crippen LogP contribution >= 0.6 is 11.3 Å². The van der Waals surface area contributed by atoms with Gasteiger partial charge in [-0.3, -0.25) is 0 Å². The lowest BCUT2D eigenvalue weighted by Crippen LogP contribution is -2.32. The molecule has 6 heteroatoms. The molecule has 2 heterocycles. The molecule has 0 aliphatic carbocycles. The second-order valence-corrected chi connectivity index (χ2v) is 9.68. The van der Waals surface area contributed by atoms with Crippen molar-refractivity contribution in [2.45, 2.75) is 32.2 Å². The van der Waals surface area contributed by atoms with Crippen molar-refractivity contribution in [3.63, 3.8) is 0 Å². The zero-order valence-corrected chi connectivity index (χ0v) is 19.8. The fraction of sp³-hybridized carbons (Fsp3) is 0.179. The first-order valence-corrected chi connectivity index (χ1v) is 12.1. The molecule has 170 valence electrons. The summed E-state index contributed by atoms with van der Waals surface area (Å²) in [5.74, 6) is -0.0818. The number of carboxylic acid groups (broad SMARTS) is 1. The summed E-state index contributed by atoms with van der Waals surface area (Å²) < 4.78 is 0. The van der Waals surface area contributed by atoms with Gasteiger partial charge in [-0.1, -0.05) is 86.6 Å². The molecule has 0 amide bonds. The lowest BCUT2D eigenvalue weighted by molar-refractivity contribution is -0.137. The number of rotatable bonds is 7. The SMILES string of the molecule is CC(C)c1sc2ncnc(N[C@H](Cc3ccccc3)C(=O)O)c2c1-c1cccc2ccccc12. The van der Waals surface area contributed by atoms with Crippen LogP contribution in [0.2, 0.25) is 0 Å². The molecule has 0 unspecified atom stereocenters. The van der Waals surface area contributed by atoms with E-state index in [1.54, 1.807) is 11.3 Å². The summed E-state index contributed by atoms with van der Waals surface area (Å²) in [6, 6.07) is 23.5. The summed E-state index contributed by atoms with van der Waals surface area (Å²) in [5, 5.41) is 16.4. The Hall–Kier alpha value is -3.77. The van der Waals surface area contributed by atoms with Gasteiger partial charge >= 0.3 is 5.97 Å². The molecular weight excluding hydrogens is 442 g/mol. The average molecular weight is 468 g/mol. The third kappa shape index (κ3) is 4.13. The van der Waals surface area contributed by atoms with E-state index in [1.807, 2.05) is 42.5 Å². The Bertz CT molecular complexity index is 1470. The fourth-order valence-electron chi connectivity index (χ4n) is 4.39. The third-order valence-electron chi connectivity index (χ3n) is 5.99. The highest BCUT2D eigenvalue weighted by Crippen LogP contribution is 2.46. The standard InChI is InChI=1S/C28H25N3O2S/c1-17(2)25-23(21-14-8-12-19-11-6-7-13-20(19)21)24-26(29-16-30-27(24)34-25)31-22(28(32)33)15-18-9-4-3-5-10-18/h3-14,16-17,22H,15H2,1-2H3,(H,32,33)(H,29,30,31)/t22-/m1/s1. The molecule has 0 aliphatic heterocycles. The van der Waals surface area contributed by atoms with Gasteiger partial charge in [0.2, 0.25) is 0 Å². The Kier molecular flexibility index (Phi) is 5.99. The first kappa shape index (κ1) is 22.0. The van der Waals surface area contributed by atoms with E-state index in [0.29, 0.717) is 12.2 Å². The minimum absolute atomic E-state index is 0.278. The van der Waals surface area contributed by atoms with E-state index >= 15 is 0 Å². The smallest absolute Gasteiger partial charge is 0.326 e. The summed E-state index contributed by atoms with van der Waals surface area (Å²) in [4.78, 5) is 23.3. The van der Waals surface area contributed by atoms with Crippen molar-refractivity contribution in [2.24, 2.45) is 0 Å². The predicted octanol–water partition coefficient (Wildman–Crippen LogP) is 6.74. The van der Waals surface area contributed by atoms with E-state index in [2.05, 4.69) is 59.5 Å². The maximum absolute atomic E-state index is 12.2. The van der Waals surface area contributed by atoms with Gasteiger partial charge in [0, 0.05) is 16.9 Å². The number of aromatic nitrogens is 2. The minimum Gasteiger partial charge on any atom is -0.480 e. The highest BCUT2D eigenvalue weighted by Gasteiger charge is 2.25. The Morgan fingerprint density at radius 3 is 2.47 bits per heavy atom. The quantitative estimate of drug-likeness (QED) is 0.277. The summed E-state index contributed by atoms with van der Waals surface area (Å²) in [7, 11) is 0. The van der Waals surface area contributed by atoms with Crippen LogP contribution in [0, 0.1) is 0 Å². The van der Waals surface area contributed by atoms with E-state index < -0.39 is 12.0 Å². The van der Waals surface area contributed by atoms with E-state index in [4.69, 9.17) is 0 Å². The van der Waals surface area contributed by atoms with Crippen molar-refractivity contribution in [3.8, 4) is 11.1 Å². The molecular formula is C28H25N3O2S. The molecule has 5 aromatic rings. The van der Waals surface area contributed by atoms with Gasteiger partial charge in [0.1, 0.15) is 23.0 Å². The van der Waals surface area contributed by atoms with Crippen LogP contribution in [0.1, 0.15) is 30.2 Å². The van der Waals surface area contributed by atoms with Crippen LogP contribution in [-0.2, 0) is 11.2 Å². The number of carboxylic acids is 1. The van der Waals surface area contributed by atoms with Gasteiger partial charge in [-0.15, -0.1) is 11.3 Å². The molecule has 2 aromatic heterocycles. The molecule has 0 fully saturated rings. The van der Waals surface area contributed by atoms with Crippen LogP contribution in [0.15, 0.2) is 79.1 Å². The Balaban J connectivity index is 1.69. The Labute approximate surface area is 202 Å². The summed E-state index contributed by atoms with van der Waals surface area (Å²) in [6.45, 7) is 4.35. The van der Waals surface area contributed by atoms with Crippen LogP contribution in [0.5, 0.6) is 0 Å². The van der Waals surface area contributed by atoms with Gasteiger partial charge < -0.3 is 10.4 Å². The molecule has 0 aliphatic rings.